The van der Waals surface area contributed by atoms with Crippen LogP contribution in [0.15, 0.2) is 34.5 Å². The molecule has 82 valence electrons. The minimum atomic E-state index is 0.646. The first-order valence-electron chi connectivity index (χ1n) is 5.83. The third-order valence-corrected chi connectivity index (χ3v) is 3.21. The van der Waals surface area contributed by atoms with E-state index in [9.17, 15) is 0 Å². The molecule has 0 radical (unpaired) electrons. The van der Waals surface area contributed by atoms with Crippen molar-refractivity contribution in [3.8, 4) is 0 Å². The van der Waals surface area contributed by atoms with Crippen molar-refractivity contribution in [2.24, 2.45) is 15.9 Å². The molecule has 3 rings (SSSR count). The highest BCUT2D eigenvalue weighted by Gasteiger charge is 2.27. The van der Waals surface area contributed by atoms with Gasteiger partial charge in [-0.3, -0.25) is 0 Å². The smallest absolute Gasteiger partial charge is 0.122 e. The molecule has 1 aromatic rings. The fourth-order valence-corrected chi connectivity index (χ4v) is 2.17. The van der Waals surface area contributed by atoms with Gasteiger partial charge in [0.2, 0.25) is 0 Å². The van der Waals surface area contributed by atoms with Crippen LogP contribution in [0.3, 0.4) is 0 Å². The van der Waals surface area contributed by atoms with Gasteiger partial charge >= 0.3 is 0 Å². The Labute approximate surface area is 95.1 Å². The molecule has 3 nitrogen and oxygen atoms in total. The Morgan fingerprint density at radius 3 is 2.56 bits per heavy atom. The molecule has 2 N–H and O–H groups in total. The Balaban J connectivity index is 1.99. The fraction of sp³-hybridized carbons (Fsp3) is 0.385. The Bertz CT molecular complexity index is 470. The van der Waals surface area contributed by atoms with Crippen molar-refractivity contribution in [1.82, 2.24) is 0 Å². The summed E-state index contributed by atoms with van der Waals surface area (Å²) < 4.78 is 0. The van der Waals surface area contributed by atoms with E-state index in [1.165, 1.54) is 24.0 Å². The van der Waals surface area contributed by atoms with Gasteiger partial charge in [0.15, 0.2) is 0 Å². The molecular formula is C13H15N3. The highest BCUT2D eigenvalue weighted by Crippen LogP contribution is 2.42. The van der Waals surface area contributed by atoms with E-state index in [0.29, 0.717) is 5.84 Å². The van der Waals surface area contributed by atoms with Gasteiger partial charge in [0.1, 0.15) is 5.84 Å². The van der Waals surface area contributed by atoms with E-state index >= 15 is 0 Å². The van der Waals surface area contributed by atoms with Crippen molar-refractivity contribution in [2.45, 2.75) is 31.6 Å². The maximum atomic E-state index is 5.63. The van der Waals surface area contributed by atoms with Gasteiger partial charge in [-0.15, -0.1) is 5.10 Å². The van der Waals surface area contributed by atoms with E-state index in [1.807, 2.05) is 0 Å². The van der Waals surface area contributed by atoms with Gasteiger partial charge in [-0.2, -0.15) is 5.10 Å². The normalized spacial score (nSPS) is 20.2. The molecule has 16 heavy (non-hydrogen) atoms. The average molecular weight is 213 g/mol. The van der Waals surface area contributed by atoms with Crippen LogP contribution in [0.4, 0.5) is 0 Å². The minimum absolute atomic E-state index is 0.646. The zero-order valence-electron chi connectivity index (χ0n) is 9.19. The summed E-state index contributed by atoms with van der Waals surface area (Å²) in [6, 6.07) is 8.56. The highest BCUT2D eigenvalue weighted by molar-refractivity contribution is 6.05. The van der Waals surface area contributed by atoms with Gasteiger partial charge in [-0.05, 0) is 30.7 Å². The lowest BCUT2D eigenvalue weighted by Gasteiger charge is -2.13. The zero-order chi connectivity index (χ0) is 11.0. The molecule has 1 saturated carbocycles. The van der Waals surface area contributed by atoms with E-state index in [-0.39, 0.29) is 0 Å². The average Bonchev–Trinajstić information content (AvgIpc) is 3.14. The van der Waals surface area contributed by atoms with Crippen molar-refractivity contribution >= 4 is 11.5 Å². The van der Waals surface area contributed by atoms with E-state index in [0.717, 1.165) is 24.5 Å². The summed E-state index contributed by atoms with van der Waals surface area (Å²) in [4.78, 5) is 0. The Morgan fingerprint density at radius 1 is 1.06 bits per heavy atom. The second kappa shape index (κ2) is 3.74. The Morgan fingerprint density at radius 2 is 1.88 bits per heavy atom. The van der Waals surface area contributed by atoms with Crippen LogP contribution < -0.4 is 5.73 Å². The molecule has 2 aliphatic rings. The van der Waals surface area contributed by atoms with Crippen molar-refractivity contribution in [3.63, 3.8) is 0 Å². The molecular weight excluding hydrogens is 198 g/mol. The predicted molar refractivity (Wildman–Crippen MR) is 65.8 cm³/mol. The SMILES string of the molecule is NC1=NN=C(c2ccccc2C2CC2)CC1. The van der Waals surface area contributed by atoms with Crippen molar-refractivity contribution in [3.05, 3.63) is 35.4 Å². The van der Waals surface area contributed by atoms with Crippen molar-refractivity contribution in [1.29, 1.82) is 0 Å². The zero-order valence-corrected chi connectivity index (χ0v) is 9.19. The number of nitrogens with two attached hydrogens (primary N) is 1. The van der Waals surface area contributed by atoms with Gasteiger partial charge < -0.3 is 5.73 Å². The van der Waals surface area contributed by atoms with Crippen LogP contribution in [0.1, 0.15) is 42.7 Å². The van der Waals surface area contributed by atoms with E-state index in [1.54, 1.807) is 0 Å². The van der Waals surface area contributed by atoms with Crippen LogP contribution in [0.2, 0.25) is 0 Å². The summed E-state index contributed by atoms with van der Waals surface area (Å²) >= 11 is 0. The summed E-state index contributed by atoms with van der Waals surface area (Å²) in [5.41, 5.74) is 9.44. The third kappa shape index (κ3) is 1.73. The molecule has 1 heterocycles. The molecule has 3 heteroatoms. The summed E-state index contributed by atoms with van der Waals surface area (Å²) in [6.45, 7) is 0. The Hall–Kier alpha value is -1.64. The highest BCUT2D eigenvalue weighted by atomic mass is 15.2. The fourth-order valence-electron chi connectivity index (χ4n) is 2.17. The first-order chi connectivity index (χ1) is 7.84. The molecule has 0 unspecified atom stereocenters. The Kier molecular flexibility index (Phi) is 2.24. The first kappa shape index (κ1) is 9.58. The minimum Gasteiger partial charge on any atom is -0.386 e. The number of amidine groups is 1. The summed E-state index contributed by atoms with van der Waals surface area (Å²) in [7, 11) is 0. The second-order valence-electron chi connectivity index (χ2n) is 4.50. The summed E-state index contributed by atoms with van der Waals surface area (Å²) in [6.07, 6.45) is 4.38. The third-order valence-electron chi connectivity index (χ3n) is 3.21. The topological polar surface area (TPSA) is 50.7 Å². The van der Waals surface area contributed by atoms with E-state index in [4.69, 9.17) is 5.73 Å². The van der Waals surface area contributed by atoms with Gasteiger partial charge in [-0.1, -0.05) is 24.3 Å². The van der Waals surface area contributed by atoms with E-state index < -0.39 is 0 Å². The number of hydrogen-bond acceptors (Lipinski definition) is 3. The van der Waals surface area contributed by atoms with Crippen LogP contribution in [0.25, 0.3) is 0 Å². The summed E-state index contributed by atoms with van der Waals surface area (Å²) in [5, 5.41) is 8.22. The quantitative estimate of drug-likeness (QED) is 0.805. The molecule has 0 aromatic heterocycles. The van der Waals surface area contributed by atoms with Gasteiger partial charge in [-0.25, -0.2) is 0 Å². The number of nitrogens with zero attached hydrogens (tertiary/aromatic N) is 2. The van der Waals surface area contributed by atoms with Gasteiger partial charge in [0.05, 0.1) is 5.71 Å². The largest absolute Gasteiger partial charge is 0.386 e. The van der Waals surface area contributed by atoms with Crippen LogP contribution in [-0.4, -0.2) is 11.5 Å². The standard InChI is InChI=1S/C13H15N3/c14-13-8-7-12(15-16-13)11-4-2-1-3-10(11)9-5-6-9/h1-4,9H,5-8H2,(H2,14,16). The molecule has 0 atom stereocenters. The molecule has 1 fully saturated rings. The lowest BCUT2D eigenvalue weighted by Crippen LogP contribution is -2.18. The van der Waals surface area contributed by atoms with Crippen LogP contribution >= 0.6 is 0 Å². The van der Waals surface area contributed by atoms with Gasteiger partial charge in [0.25, 0.3) is 0 Å². The number of benzene rings is 1. The molecule has 0 spiro atoms. The maximum absolute atomic E-state index is 5.63. The number of rotatable bonds is 2. The van der Waals surface area contributed by atoms with Crippen LogP contribution in [0.5, 0.6) is 0 Å². The van der Waals surface area contributed by atoms with Crippen LogP contribution in [-0.2, 0) is 0 Å². The maximum Gasteiger partial charge on any atom is 0.122 e. The molecule has 1 aliphatic heterocycles. The second-order valence-corrected chi connectivity index (χ2v) is 4.50. The lowest BCUT2D eigenvalue weighted by atomic mass is 9.96. The lowest BCUT2D eigenvalue weighted by molar-refractivity contribution is 1.01. The van der Waals surface area contributed by atoms with Crippen molar-refractivity contribution < 1.29 is 0 Å². The van der Waals surface area contributed by atoms with Crippen LogP contribution in [0, 0.1) is 0 Å². The molecule has 1 aliphatic carbocycles. The first-order valence-corrected chi connectivity index (χ1v) is 5.83. The number of hydrogen-bond donors (Lipinski definition) is 1. The molecule has 0 amide bonds. The molecule has 1 aromatic carbocycles. The predicted octanol–water partition coefficient (Wildman–Crippen LogP) is 2.42. The van der Waals surface area contributed by atoms with Crippen molar-refractivity contribution in [2.75, 3.05) is 0 Å². The van der Waals surface area contributed by atoms with Gasteiger partial charge in [0, 0.05) is 12.0 Å². The monoisotopic (exact) mass is 213 g/mol. The molecule has 0 bridgehead atoms. The van der Waals surface area contributed by atoms with E-state index in [2.05, 4.69) is 34.5 Å². The summed E-state index contributed by atoms with van der Waals surface area (Å²) in [5.74, 6) is 1.40. The molecule has 0 saturated heterocycles.